The largest absolute Gasteiger partial charge is 0.478 e. The molecule has 4 N–H and O–H groups in total. The van der Waals surface area contributed by atoms with E-state index in [0.29, 0.717) is 10.9 Å². The SMILES string of the molecule is O=C(O)/C=C/c1ccc(/C(=C(\c2ccc(F)cc2Cl)C2CCC2)c2ccc3c(c2)NNN3)cc1. The fourth-order valence-corrected chi connectivity index (χ4v) is 4.72. The predicted molar refractivity (Wildman–Crippen MR) is 135 cm³/mol. The second-order valence-corrected chi connectivity index (χ2v) is 8.88. The summed E-state index contributed by atoms with van der Waals surface area (Å²) < 4.78 is 13.9. The van der Waals surface area contributed by atoms with E-state index in [1.165, 1.54) is 12.1 Å². The van der Waals surface area contributed by atoms with E-state index in [-0.39, 0.29) is 5.82 Å². The van der Waals surface area contributed by atoms with Crippen LogP contribution in [0.4, 0.5) is 15.8 Å². The molecule has 0 saturated heterocycles. The van der Waals surface area contributed by atoms with E-state index in [0.717, 1.165) is 70.1 Å². The van der Waals surface area contributed by atoms with Crippen molar-refractivity contribution in [1.82, 2.24) is 5.53 Å². The molecule has 1 saturated carbocycles. The van der Waals surface area contributed by atoms with Crippen molar-refractivity contribution in [2.24, 2.45) is 5.92 Å². The van der Waals surface area contributed by atoms with Gasteiger partial charge in [-0.1, -0.05) is 54.4 Å². The van der Waals surface area contributed by atoms with Crippen molar-refractivity contribution >= 4 is 46.2 Å². The molecule has 0 spiro atoms. The van der Waals surface area contributed by atoms with Crippen molar-refractivity contribution in [2.75, 3.05) is 10.9 Å². The minimum absolute atomic E-state index is 0.307. The van der Waals surface area contributed by atoms with Gasteiger partial charge in [-0.15, -0.1) is 5.53 Å². The van der Waals surface area contributed by atoms with Crippen LogP contribution in [0.25, 0.3) is 17.2 Å². The highest BCUT2D eigenvalue weighted by Gasteiger charge is 2.29. The Morgan fingerprint density at radius 1 is 0.971 bits per heavy atom. The van der Waals surface area contributed by atoms with Crippen molar-refractivity contribution in [3.05, 3.63) is 99.8 Å². The van der Waals surface area contributed by atoms with Crippen molar-refractivity contribution < 1.29 is 14.3 Å². The third-order valence-electron chi connectivity index (χ3n) is 6.32. The molecule has 0 unspecified atom stereocenters. The van der Waals surface area contributed by atoms with Crippen LogP contribution in [0.15, 0.2) is 66.7 Å². The summed E-state index contributed by atoms with van der Waals surface area (Å²) in [6, 6.07) is 18.5. The molecule has 1 heterocycles. The summed E-state index contributed by atoms with van der Waals surface area (Å²) in [5.41, 5.74) is 16.7. The number of carbonyl (C=O) groups is 1. The van der Waals surface area contributed by atoms with Crippen molar-refractivity contribution in [2.45, 2.75) is 19.3 Å². The minimum atomic E-state index is -0.990. The number of anilines is 2. The van der Waals surface area contributed by atoms with E-state index in [4.69, 9.17) is 16.7 Å². The molecule has 172 valence electrons. The molecular formula is C27H23ClFN3O2. The summed E-state index contributed by atoms with van der Waals surface area (Å²) in [4.78, 5) is 10.9. The standard InChI is InChI=1S/C27H23ClFN3O2/c28-22-15-20(29)10-11-21(22)27(17-2-1-3-17)26(19-9-12-23-24(14-19)31-32-30-23)18-7-4-16(5-8-18)6-13-25(33)34/h4-15,17,30-32H,1-3H2,(H,33,34)/b13-6+,27-26+. The summed E-state index contributed by atoms with van der Waals surface area (Å²) in [6.07, 6.45) is 5.90. The molecule has 1 aliphatic heterocycles. The third kappa shape index (κ3) is 4.42. The highest BCUT2D eigenvalue weighted by atomic mass is 35.5. The summed E-state index contributed by atoms with van der Waals surface area (Å²) >= 11 is 6.59. The Morgan fingerprint density at radius 2 is 1.71 bits per heavy atom. The number of hydrazine groups is 2. The fourth-order valence-electron chi connectivity index (χ4n) is 4.45. The van der Waals surface area contributed by atoms with Crippen LogP contribution in [0, 0.1) is 11.7 Å². The fraction of sp³-hybridized carbons (Fsp3) is 0.148. The number of hydrogen-bond donors (Lipinski definition) is 4. The molecular weight excluding hydrogens is 453 g/mol. The number of allylic oxidation sites excluding steroid dienone is 1. The molecule has 2 aliphatic rings. The zero-order chi connectivity index (χ0) is 23.7. The summed E-state index contributed by atoms with van der Waals surface area (Å²) in [5.74, 6) is -1.05. The first-order chi connectivity index (χ1) is 16.5. The highest BCUT2D eigenvalue weighted by Crippen LogP contribution is 2.47. The Hall–Kier alpha value is -3.61. The molecule has 3 aromatic rings. The van der Waals surface area contributed by atoms with Crippen LogP contribution >= 0.6 is 11.6 Å². The molecule has 0 aromatic heterocycles. The zero-order valence-electron chi connectivity index (χ0n) is 18.2. The Labute approximate surface area is 201 Å². The van der Waals surface area contributed by atoms with Crippen LogP contribution in [0.5, 0.6) is 0 Å². The third-order valence-corrected chi connectivity index (χ3v) is 6.64. The van der Waals surface area contributed by atoms with E-state index in [9.17, 15) is 9.18 Å². The van der Waals surface area contributed by atoms with Crippen molar-refractivity contribution in [3.63, 3.8) is 0 Å². The summed E-state index contributed by atoms with van der Waals surface area (Å²) in [6.45, 7) is 0. The van der Waals surface area contributed by atoms with E-state index < -0.39 is 5.97 Å². The van der Waals surface area contributed by atoms with Gasteiger partial charge in [-0.2, -0.15) is 0 Å². The highest BCUT2D eigenvalue weighted by molar-refractivity contribution is 6.32. The van der Waals surface area contributed by atoms with Gasteiger partial charge in [-0.05, 0) is 82.5 Å². The van der Waals surface area contributed by atoms with Gasteiger partial charge in [0.1, 0.15) is 5.82 Å². The van der Waals surface area contributed by atoms with Gasteiger partial charge in [0.15, 0.2) is 0 Å². The molecule has 0 amide bonds. The maximum absolute atomic E-state index is 13.9. The second kappa shape index (κ2) is 9.33. The molecule has 5 nitrogen and oxygen atoms in total. The maximum atomic E-state index is 13.9. The molecule has 0 radical (unpaired) electrons. The Morgan fingerprint density at radius 3 is 2.38 bits per heavy atom. The van der Waals surface area contributed by atoms with E-state index in [1.807, 2.05) is 30.3 Å². The first kappa shape index (κ1) is 22.2. The second-order valence-electron chi connectivity index (χ2n) is 8.47. The molecule has 5 rings (SSSR count). The lowest BCUT2D eigenvalue weighted by molar-refractivity contribution is -0.131. The van der Waals surface area contributed by atoms with Gasteiger partial charge in [0, 0.05) is 6.08 Å². The van der Waals surface area contributed by atoms with Gasteiger partial charge < -0.3 is 16.0 Å². The lowest BCUT2D eigenvalue weighted by Gasteiger charge is -2.32. The van der Waals surface area contributed by atoms with Crippen LogP contribution in [0.3, 0.4) is 0 Å². The molecule has 1 aliphatic carbocycles. The number of nitrogens with one attached hydrogen (secondary N) is 3. The monoisotopic (exact) mass is 475 g/mol. The average Bonchev–Trinajstić information content (AvgIpc) is 3.25. The topological polar surface area (TPSA) is 73.4 Å². The molecule has 0 bridgehead atoms. The Kier molecular flexibility index (Phi) is 6.09. The Bertz CT molecular complexity index is 1310. The molecule has 0 atom stereocenters. The van der Waals surface area contributed by atoms with Gasteiger partial charge in [-0.3, -0.25) is 0 Å². The number of aliphatic carboxylic acids is 1. The first-order valence-electron chi connectivity index (χ1n) is 11.1. The van der Waals surface area contributed by atoms with E-state index >= 15 is 0 Å². The zero-order valence-corrected chi connectivity index (χ0v) is 19.0. The lowest BCUT2D eigenvalue weighted by Crippen LogP contribution is -2.19. The van der Waals surface area contributed by atoms with Gasteiger partial charge in [0.25, 0.3) is 0 Å². The normalized spacial score (nSPS) is 15.8. The smallest absolute Gasteiger partial charge is 0.328 e. The summed E-state index contributed by atoms with van der Waals surface area (Å²) in [7, 11) is 0. The molecule has 34 heavy (non-hydrogen) atoms. The van der Waals surface area contributed by atoms with Crippen molar-refractivity contribution in [3.8, 4) is 0 Å². The van der Waals surface area contributed by atoms with Gasteiger partial charge in [-0.25, -0.2) is 9.18 Å². The van der Waals surface area contributed by atoms with Gasteiger partial charge >= 0.3 is 5.97 Å². The number of rotatable bonds is 6. The predicted octanol–water partition coefficient (Wildman–Crippen LogP) is 6.59. The minimum Gasteiger partial charge on any atom is -0.478 e. The number of carboxylic acids is 1. The van der Waals surface area contributed by atoms with Crippen LogP contribution in [0.2, 0.25) is 5.02 Å². The van der Waals surface area contributed by atoms with Crippen LogP contribution < -0.4 is 16.4 Å². The first-order valence-corrected chi connectivity index (χ1v) is 11.5. The van der Waals surface area contributed by atoms with Crippen LogP contribution in [-0.4, -0.2) is 11.1 Å². The van der Waals surface area contributed by atoms with Crippen LogP contribution in [0.1, 0.15) is 41.5 Å². The maximum Gasteiger partial charge on any atom is 0.328 e. The molecule has 7 heteroatoms. The quantitative estimate of drug-likeness (QED) is 0.239. The van der Waals surface area contributed by atoms with Crippen LogP contribution in [-0.2, 0) is 4.79 Å². The number of halogens is 2. The number of carboxylic acid groups (broad SMARTS) is 1. The molecule has 3 aromatic carbocycles. The summed E-state index contributed by atoms with van der Waals surface area (Å²) in [5, 5.41) is 9.32. The number of benzene rings is 3. The molecule has 1 fully saturated rings. The average molecular weight is 476 g/mol. The van der Waals surface area contributed by atoms with Gasteiger partial charge in [0.05, 0.1) is 16.4 Å². The van der Waals surface area contributed by atoms with Crippen molar-refractivity contribution in [1.29, 1.82) is 0 Å². The Balaban J connectivity index is 1.72. The van der Waals surface area contributed by atoms with E-state index in [1.54, 1.807) is 12.1 Å². The van der Waals surface area contributed by atoms with Gasteiger partial charge in [0.2, 0.25) is 0 Å². The number of fused-ring (bicyclic) bond motifs is 1. The van der Waals surface area contributed by atoms with E-state index in [2.05, 4.69) is 28.5 Å². The number of hydrogen-bond acceptors (Lipinski definition) is 4. The lowest BCUT2D eigenvalue weighted by atomic mass is 9.73.